The largest absolute Gasteiger partial charge is 0.398 e. The molecular weight excluding hydrogens is 332 g/mol. The molecule has 0 fully saturated rings. The van der Waals surface area contributed by atoms with Gasteiger partial charge in [-0.15, -0.1) is 0 Å². The Balaban J connectivity index is 3.05. The molecule has 0 saturated heterocycles. The Labute approximate surface area is 122 Å². The smallest absolute Gasteiger partial charge is 0.241 e. The molecule has 19 heavy (non-hydrogen) atoms. The predicted octanol–water partition coefficient (Wildman–Crippen LogP) is 2.04. The van der Waals surface area contributed by atoms with Gasteiger partial charge in [-0.25, -0.2) is 13.1 Å². The van der Waals surface area contributed by atoms with Crippen LogP contribution < -0.4 is 10.5 Å². The minimum atomic E-state index is -3.60. The number of sulfonamides is 1. The minimum Gasteiger partial charge on any atom is -0.398 e. The Morgan fingerprint density at radius 2 is 2.00 bits per heavy atom. The van der Waals surface area contributed by atoms with Crippen molar-refractivity contribution >= 4 is 31.6 Å². The van der Waals surface area contributed by atoms with Crippen LogP contribution in [-0.2, 0) is 14.8 Å². The van der Waals surface area contributed by atoms with Crippen LogP contribution in [-0.4, -0.2) is 27.7 Å². The number of hydrogen-bond acceptors (Lipinski definition) is 4. The minimum absolute atomic E-state index is 0.181. The van der Waals surface area contributed by atoms with E-state index < -0.39 is 15.6 Å². The van der Waals surface area contributed by atoms with Crippen molar-refractivity contribution in [1.29, 1.82) is 0 Å². The summed E-state index contributed by atoms with van der Waals surface area (Å²) < 4.78 is 32.9. The van der Waals surface area contributed by atoms with Gasteiger partial charge in [-0.05, 0) is 54.4 Å². The number of hydrogen-bond donors (Lipinski definition) is 2. The van der Waals surface area contributed by atoms with Crippen molar-refractivity contribution < 1.29 is 13.2 Å². The summed E-state index contributed by atoms with van der Waals surface area (Å²) in [7, 11) is -2.07. The Morgan fingerprint density at radius 1 is 1.42 bits per heavy atom. The number of nitrogens with two attached hydrogens (primary N) is 1. The first-order chi connectivity index (χ1) is 8.59. The van der Waals surface area contributed by atoms with Gasteiger partial charge in [0.25, 0.3) is 0 Å². The van der Waals surface area contributed by atoms with Crippen molar-refractivity contribution in [1.82, 2.24) is 4.72 Å². The maximum absolute atomic E-state index is 12.2. The van der Waals surface area contributed by atoms with Crippen LogP contribution in [0.2, 0.25) is 0 Å². The van der Waals surface area contributed by atoms with Gasteiger partial charge in [0.2, 0.25) is 10.0 Å². The summed E-state index contributed by atoms with van der Waals surface area (Å²) >= 11 is 3.27. The van der Waals surface area contributed by atoms with Crippen LogP contribution in [0.5, 0.6) is 0 Å². The highest BCUT2D eigenvalue weighted by Crippen LogP contribution is 2.26. The highest BCUT2D eigenvalue weighted by Gasteiger charge is 2.23. The number of benzene rings is 1. The number of ether oxygens (including phenoxy) is 1. The van der Waals surface area contributed by atoms with Crippen LogP contribution in [0.15, 0.2) is 21.5 Å². The van der Waals surface area contributed by atoms with Gasteiger partial charge in [-0.3, -0.25) is 0 Å². The second kappa shape index (κ2) is 5.78. The van der Waals surface area contributed by atoms with E-state index in [0.717, 1.165) is 0 Å². The van der Waals surface area contributed by atoms with Crippen LogP contribution in [0.1, 0.15) is 19.4 Å². The molecule has 0 amide bonds. The highest BCUT2D eigenvalue weighted by atomic mass is 79.9. The summed E-state index contributed by atoms with van der Waals surface area (Å²) in [6, 6.07) is 3.13. The molecule has 1 rings (SSSR count). The molecule has 0 saturated carbocycles. The second-order valence-electron chi connectivity index (χ2n) is 4.93. The first kappa shape index (κ1) is 16.4. The molecule has 0 radical (unpaired) electrons. The number of methoxy groups -OCH3 is 1. The lowest BCUT2D eigenvalue weighted by atomic mass is 10.1. The van der Waals surface area contributed by atoms with E-state index in [0.29, 0.717) is 15.7 Å². The zero-order chi connectivity index (χ0) is 14.8. The Kier molecular flexibility index (Phi) is 5.00. The summed E-state index contributed by atoms with van der Waals surface area (Å²) in [4.78, 5) is 0.181. The van der Waals surface area contributed by atoms with Crippen LogP contribution in [0, 0.1) is 6.92 Å². The van der Waals surface area contributed by atoms with Crippen molar-refractivity contribution in [2.75, 3.05) is 19.4 Å². The van der Waals surface area contributed by atoms with E-state index in [-0.39, 0.29) is 11.4 Å². The Bertz CT molecular complexity index is 571. The van der Waals surface area contributed by atoms with Crippen molar-refractivity contribution in [3.8, 4) is 0 Å². The molecule has 0 aromatic heterocycles. The molecule has 1 aromatic carbocycles. The van der Waals surface area contributed by atoms with Gasteiger partial charge in [0.15, 0.2) is 0 Å². The van der Waals surface area contributed by atoms with Gasteiger partial charge >= 0.3 is 0 Å². The fourth-order valence-electron chi connectivity index (χ4n) is 1.38. The zero-order valence-electron chi connectivity index (χ0n) is 11.5. The molecular formula is C12H19BrN2O3S. The fourth-order valence-corrected chi connectivity index (χ4v) is 3.29. The number of anilines is 1. The molecule has 0 spiro atoms. The summed E-state index contributed by atoms with van der Waals surface area (Å²) in [5, 5.41) is 0. The number of nitrogen functional groups attached to an aromatic ring is 1. The lowest BCUT2D eigenvalue weighted by Gasteiger charge is -2.23. The second-order valence-corrected chi connectivity index (χ2v) is 7.52. The standard InChI is InChI=1S/C12H19BrN2O3S/c1-8-5-9(13)10(14)6-11(8)19(16,17)15-7-12(2,3)18-4/h5-6,15H,7,14H2,1-4H3. The molecule has 0 atom stereocenters. The van der Waals surface area contributed by atoms with Gasteiger partial charge in [-0.2, -0.15) is 0 Å². The molecule has 0 bridgehead atoms. The molecule has 0 aliphatic carbocycles. The van der Waals surface area contributed by atoms with E-state index in [4.69, 9.17) is 10.5 Å². The van der Waals surface area contributed by atoms with Crippen LogP contribution in [0.4, 0.5) is 5.69 Å². The van der Waals surface area contributed by atoms with Gasteiger partial charge in [0, 0.05) is 23.8 Å². The lowest BCUT2D eigenvalue weighted by molar-refractivity contribution is 0.0276. The molecule has 0 heterocycles. The maximum Gasteiger partial charge on any atom is 0.241 e. The molecule has 0 aliphatic rings. The number of nitrogens with one attached hydrogen (secondary N) is 1. The zero-order valence-corrected chi connectivity index (χ0v) is 13.9. The summed E-state index contributed by atoms with van der Waals surface area (Å²) in [6.07, 6.45) is 0. The number of rotatable bonds is 5. The van der Waals surface area contributed by atoms with Gasteiger partial charge in [0.1, 0.15) is 0 Å². The molecule has 0 aliphatic heterocycles. The van der Waals surface area contributed by atoms with Gasteiger partial charge in [0.05, 0.1) is 10.5 Å². The first-order valence-corrected chi connectivity index (χ1v) is 7.97. The first-order valence-electron chi connectivity index (χ1n) is 5.69. The Morgan fingerprint density at radius 3 is 2.53 bits per heavy atom. The van der Waals surface area contributed by atoms with Crippen LogP contribution >= 0.6 is 15.9 Å². The lowest BCUT2D eigenvalue weighted by Crippen LogP contribution is -2.39. The number of aryl methyl sites for hydroxylation is 1. The van der Waals surface area contributed by atoms with E-state index in [1.54, 1.807) is 26.8 Å². The van der Waals surface area contributed by atoms with Crippen molar-refractivity contribution in [3.05, 3.63) is 22.2 Å². The van der Waals surface area contributed by atoms with Crippen molar-refractivity contribution in [2.45, 2.75) is 31.3 Å². The maximum atomic E-state index is 12.2. The summed E-state index contributed by atoms with van der Waals surface area (Å²) in [6.45, 7) is 5.51. The van der Waals surface area contributed by atoms with E-state index >= 15 is 0 Å². The normalized spacial score (nSPS) is 12.7. The molecule has 7 heteroatoms. The molecule has 5 nitrogen and oxygen atoms in total. The third-order valence-electron chi connectivity index (χ3n) is 2.82. The quantitative estimate of drug-likeness (QED) is 0.796. The molecule has 0 unspecified atom stereocenters. The molecule has 1 aromatic rings. The van der Waals surface area contributed by atoms with E-state index in [1.807, 2.05) is 0 Å². The fraction of sp³-hybridized carbons (Fsp3) is 0.500. The summed E-state index contributed by atoms with van der Waals surface area (Å²) in [5.74, 6) is 0. The van der Waals surface area contributed by atoms with E-state index in [1.165, 1.54) is 13.2 Å². The van der Waals surface area contributed by atoms with Gasteiger partial charge in [-0.1, -0.05) is 0 Å². The molecule has 3 N–H and O–H groups in total. The van der Waals surface area contributed by atoms with E-state index in [9.17, 15) is 8.42 Å². The third kappa shape index (κ3) is 4.17. The van der Waals surface area contributed by atoms with Crippen molar-refractivity contribution in [3.63, 3.8) is 0 Å². The number of halogens is 1. The van der Waals surface area contributed by atoms with Crippen LogP contribution in [0.25, 0.3) is 0 Å². The average molecular weight is 351 g/mol. The summed E-state index contributed by atoms with van der Waals surface area (Å²) in [5.41, 5.74) is 6.18. The third-order valence-corrected chi connectivity index (χ3v) is 5.05. The predicted molar refractivity (Wildman–Crippen MR) is 79.6 cm³/mol. The van der Waals surface area contributed by atoms with E-state index in [2.05, 4.69) is 20.7 Å². The average Bonchev–Trinajstić information content (AvgIpc) is 2.31. The van der Waals surface area contributed by atoms with Gasteiger partial charge < -0.3 is 10.5 Å². The SMILES string of the molecule is COC(C)(C)CNS(=O)(=O)c1cc(N)c(Br)cc1C. The monoisotopic (exact) mass is 350 g/mol. The van der Waals surface area contributed by atoms with Crippen LogP contribution in [0.3, 0.4) is 0 Å². The Hall–Kier alpha value is -0.630. The van der Waals surface area contributed by atoms with Crippen molar-refractivity contribution in [2.24, 2.45) is 0 Å². The topological polar surface area (TPSA) is 81.4 Å². The highest BCUT2D eigenvalue weighted by molar-refractivity contribution is 9.10. The molecule has 108 valence electrons.